The summed E-state index contributed by atoms with van der Waals surface area (Å²) in [5, 5.41) is 0. The third kappa shape index (κ3) is 2.09. The number of hydrogen-bond acceptors (Lipinski definition) is 2. The number of hydrogen-bond donors (Lipinski definition) is 1. The molecule has 2 N–H and O–H groups in total. The van der Waals surface area contributed by atoms with E-state index in [2.05, 4.69) is 40.8 Å². The summed E-state index contributed by atoms with van der Waals surface area (Å²) >= 11 is 2.29. The van der Waals surface area contributed by atoms with E-state index in [0.29, 0.717) is 0 Å². The fourth-order valence-corrected chi connectivity index (χ4v) is 2.09. The molecule has 0 fully saturated rings. The largest absolute Gasteiger partial charge is 0.496 e. The van der Waals surface area contributed by atoms with Crippen LogP contribution in [-0.4, -0.2) is 6.61 Å². The van der Waals surface area contributed by atoms with Crippen molar-refractivity contribution in [3.8, 4) is 0 Å². The lowest BCUT2D eigenvalue weighted by Gasteiger charge is -2.13. The van der Waals surface area contributed by atoms with Crippen LogP contribution in [0.1, 0.15) is 18.0 Å². The van der Waals surface area contributed by atoms with Crippen molar-refractivity contribution in [3.05, 3.63) is 45.2 Å². The number of nitrogens with two attached hydrogens (primary N) is 1. The molecule has 0 spiro atoms. The smallest absolute Gasteiger partial charge is 0.113 e. The van der Waals surface area contributed by atoms with E-state index in [1.807, 2.05) is 12.1 Å². The van der Waals surface area contributed by atoms with Gasteiger partial charge in [0.2, 0.25) is 0 Å². The summed E-state index contributed by atoms with van der Waals surface area (Å²) in [5.74, 6) is 0.909. The second kappa shape index (κ2) is 4.31. The maximum Gasteiger partial charge on any atom is 0.113 e. The molecule has 2 rings (SSSR count). The minimum atomic E-state index is -0.104. The van der Waals surface area contributed by atoms with Crippen LogP contribution in [-0.2, 0) is 4.74 Å². The van der Waals surface area contributed by atoms with Gasteiger partial charge in [0.05, 0.1) is 12.6 Å². The number of benzene rings is 1. The van der Waals surface area contributed by atoms with E-state index in [-0.39, 0.29) is 6.04 Å². The number of halogens is 1. The van der Waals surface area contributed by atoms with Crippen molar-refractivity contribution in [2.45, 2.75) is 12.5 Å². The standard InChI is InChI=1S/C11H12INO/c12-9-4-1-3-8(7-9)11(13)10-5-2-6-14-10/h1,3-5,7,11H,2,6,13H2. The van der Waals surface area contributed by atoms with Crippen molar-refractivity contribution < 1.29 is 4.74 Å². The molecule has 0 aromatic heterocycles. The minimum absolute atomic E-state index is 0.104. The normalized spacial score (nSPS) is 17.4. The van der Waals surface area contributed by atoms with Crippen molar-refractivity contribution >= 4 is 22.6 Å². The molecular weight excluding hydrogens is 289 g/mol. The van der Waals surface area contributed by atoms with Crippen molar-refractivity contribution in [2.24, 2.45) is 5.73 Å². The van der Waals surface area contributed by atoms with Gasteiger partial charge in [0.1, 0.15) is 5.76 Å². The first-order valence-corrected chi connectivity index (χ1v) is 5.69. The zero-order valence-corrected chi connectivity index (χ0v) is 9.90. The zero-order valence-electron chi connectivity index (χ0n) is 7.74. The van der Waals surface area contributed by atoms with Gasteiger partial charge in [0.15, 0.2) is 0 Å². The molecule has 0 amide bonds. The Hall–Kier alpha value is -0.550. The molecule has 0 aliphatic carbocycles. The fourth-order valence-electron chi connectivity index (χ4n) is 1.52. The first-order chi connectivity index (χ1) is 6.77. The van der Waals surface area contributed by atoms with E-state index in [0.717, 1.165) is 24.4 Å². The molecule has 1 atom stereocenters. The highest BCUT2D eigenvalue weighted by atomic mass is 127. The Kier molecular flexibility index (Phi) is 3.08. The monoisotopic (exact) mass is 301 g/mol. The number of rotatable bonds is 2. The molecule has 0 saturated heterocycles. The van der Waals surface area contributed by atoms with Gasteiger partial charge in [-0.25, -0.2) is 0 Å². The van der Waals surface area contributed by atoms with Crippen LogP contribution in [0.2, 0.25) is 0 Å². The van der Waals surface area contributed by atoms with Crippen molar-refractivity contribution in [3.63, 3.8) is 0 Å². The van der Waals surface area contributed by atoms with E-state index < -0.39 is 0 Å². The van der Waals surface area contributed by atoms with Crippen molar-refractivity contribution in [1.29, 1.82) is 0 Å². The second-order valence-electron chi connectivity index (χ2n) is 3.28. The van der Waals surface area contributed by atoms with Crippen LogP contribution in [0.3, 0.4) is 0 Å². The van der Waals surface area contributed by atoms with E-state index in [9.17, 15) is 0 Å². The lowest BCUT2D eigenvalue weighted by Crippen LogP contribution is -2.13. The van der Waals surface area contributed by atoms with E-state index >= 15 is 0 Å². The summed E-state index contributed by atoms with van der Waals surface area (Å²) in [7, 11) is 0. The molecule has 0 radical (unpaired) electrons. The second-order valence-corrected chi connectivity index (χ2v) is 4.52. The van der Waals surface area contributed by atoms with E-state index in [1.54, 1.807) is 0 Å². The van der Waals surface area contributed by atoms with Gasteiger partial charge < -0.3 is 10.5 Å². The van der Waals surface area contributed by atoms with Gasteiger partial charge in [-0.05, 0) is 46.4 Å². The van der Waals surface area contributed by atoms with E-state index in [4.69, 9.17) is 10.5 Å². The zero-order chi connectivity index (χ0) is 9.97. The summed E-state index contributed by atoms with van der Waals surface area (Å²) in [5.41, 5.74) is 7.19. The highest BCUT2D eigenvalue weighted by Crippen LogP contribution is 2.24. The van der Waals surface area contributed by atoms with Gasteiger partial charge in [-0.1, -0.05) is 12.1 Å². The van der Waals surface area contributed by atoms with Gasteiger partial charge in [0.25, 0.3) is 0 Å². The molecular formula is C11H12INO. The Labute approximate surface area is 97.3 Å². The Balaban J connectivity index is 2.22. The fraction of sp³-hybridized carbons (Fsp3) is 0.273. The molecule has 1 aliphatic heterocycles. The predicted molar refractivity (Wildman–Crippen MR) is 64.7 cm³/mol. The molecule has 2 nitrogen and oxygen atoms in total. The summed E-state index contributed by atoms with van der Waals surface area (Å²) in [6.45, 7) is 0.771. The molecule has 0 bridgehead atoms. The first kappa shape index (κ1) is 9.98. The molecule has 1 aromatic rings. The van der Waals surface area contributed by atoms with Gasteiger partial charge in [-0.3, -0.25) is 0 Å². The first-order valence-electron chi connectivity index (χ1n) is 4.61. The Morgan fingerprint density at radius 1 is 1.43 bits per heavy atom. The average molecular weight is 301 g/mol. The molecule has 14 heavy (non-hydrogen) atoms. The van der Waals surface area contributed by atoms with Gasteiger partial charge in [0, 0.05) is 9.99 Å². The molecule has 1 aliphatic rings. The van der Waals surface area contributed by atoms with Crippen LogP contribution in [0.25, 0.3) is 0 Å². The minimum Gasteiger partial charge on any atom is -0.496 e. The van der Waals surface area contributed by atoms with Crippen molar-refractivity contribution in [1.82, 2.24) is 0 Å². The third-order valence-corrected chi connectivity index (χ3v) is 2.92. The van der Waals surface area contributed by atoms with Crippen LogP contribution in [0.15, 0.2) is 36.1 Å². The number of ether oxygens (including phenoxy) is 1. The molecule has 3 heteroatoms. The van der Waals surface area contributed by atoms with Crippen LogP contribution >= 0.6 is 22.6 Å². The Bertz CT molecular complexity index is 362. The SMILES string of the molecule is NC(C1=CCCO1)c1cccc(I)c1. The average Bonchev–Trinajstić information content (AvgIpc) is 2.69. The van der Waals surface area contributed by atoms with Gasteiger partial charge in [-0.15, -0.1) is 0 Å². The quantitative estimate of drug-likeness (QED) is 0.852. The van der Waals surface area contributed by atoms with Gasteiger partial charge >= 0.3 is 0 Å². The molecule has 1 aromatic carbocycles. The highest BCUT2D eigenvalue weighted by Gasteiger charge is 2.16. The van der Waals surface area contributed by atoms with Crippen LogP contribution in [0.5, 0.6) is 0 Å². The topological polar surface area (TPSA) is 35.2 Å². The Morgan fingerprint density at radius 2 is 2.29 bits per heavy atom. The summed E-state index contributed by atoms with van der Waals surface area (Å²) in [4.78, 5) is 0. The molecule has 74 valence electrons. The Morgan fingerprint density at radius 3 is 2.93 bits per heavy atom. The van der Waals surface area contributed by atoms with Crippen LogP contribution in [0.4, 0.5) is 0 Å². The van der Waals surface area contributed by atoms with Crippen LogP contribution < -0.4 is 5.73 Å². The maximum absolute atomic E-state index is 6.07. The lowest BCUT2D eigenvalue weighted by molar-refractivity contribution is 0.225. The summed E-state index contributed by atoms with van der Waals surface area (Å²) in [6, 6.07) is 8.10. The van der Waals surface area contributed by atoms with E-state index in [1.165, 1.54) is 3.57 Å². The molecule has 0 saturated carbocycles. The molecule has 1 unspecified atom stereocenters. The maximum atomic E-state index is 6.07. The predicted octanol–water partition coefficient (Wildman–Crippen LogP) is 2.60. The van der Waals surface area contributed by atoms with Crippen molar-refractivity contribution in [2.75, 3.05) is 6.61 Å². The summed E-state index contributed by atoms with van der Waals surface area (Å²) in [6.07, 6.45) is 3.05. The van der Waals surface area contributed by atoms with Gasteiger partial charge in [-0.2, -0.15) is 0 Å². The highest BCUT2D eigenvalue weighted by molar-refractivity contribution is 14.1. The molecule has 1 heterocycles. The summed E-state index contributed by atoms with van der Waals surface area (Å²) < 4.78 is 6.65. The lowest BCUT2D eigenvalue weighted by atomic mass is 10.1. The third-order valence-electron chi connectivity index (χ3n) is 2.25. The van der Waals surface area contributed by atoms with Crippen LogP contribution in [0, 0.1) is 3.57 Å².